The van der Waals surface area contributed by atoms with Gasteiger partial charge in [-0.3, -0.25) is 9.59 Å². The molecule has 2 aliphatic rings. The minimum absolute atomic E-state index is 0.0554. The maximum Gasteiger partial charge on any atom is 0.303 e. The van der Waals surface area contributed by atoms with Gasteiger partial charge in [-0.2, -0.15) is 4.99 Å². The molecule has 0 spiro atoms. The van der Waals surface area contributed by atoms with Crippen molar-refractivity contribution in [3.8, 4) is 0 Å². The molecule has 1 aromatic carbocycles. The van der Waals surface area contributed by atoms with Crippen LogP contribution >= 0.6 is 11.8 Å². The third-order valence-electron chi connectivity index (χ3n) is 4.14. The Bertz CT molecular complexity index is 807. The average molecular weight is 382 g/mol. The highest BCUT2D eigenvalue weighted by Gasteiger charge is 2.48. The summed E-state index contributed by atoms with van der Waals surface area (Å²) in [5.74, 6) is -1.40. The highest BCUT2D eigenvalue weighted by molar-refractivity contribution is 8.15. The lowest BCUT2D eigenvalue weighted by molar-refractivity contribution is -0.138. The van der Waals surface area contributed by atoms with E-state index in [1.165, 1.54) is 11.8 Å². The molecule has 25 heavy (non-hydrogen) atoms. The van der Waals surface area contributed by atoms with E-state index in [9.17, 15) is 18.0 Å². The number of benzene rings is 1. The van der Waals surface area contributed by atoms with E-state index in [4.69, 9.17) is 5.11 Å². The number of hydrogen-bond donors (Lipinski definition) is 1. The third-order valence-corrected chi connectivity index (χ3v) is 7.39. The Balaban J connectivity index is 1.81. The second kappa shape index (κ2) is 7.17. The monoisotopic (exact) mass is 382 g/mol. The van der Waals surface area contributed by atoms with Crippen LogP contribution in [0.1, 0.15) is 18.4 Å². The maximum atomic E-state index is 11.9. The number of carbonyl (C=O) groups excluding carboxylic acids is 1. The van der Waals surface area contributed by atoms with Gasteiger partial charge in [-0.1, -0.05) is 42.1 Å². The Kier molecular flexibility index (Phi) is 5.14. The van der Waals surface area contributed by atoms with Crippen molar-refractivity contribution in [2.24, 2.45) is 4.99 Å². The fourth-order valence-corrected chi connectivity index (χ4v) is 6.95. The first kappa shape index (κ1) is 17.9. The molecule has 1 aromatic rings. The first-order chi connectivity index (χ1) is 11.8. The van der Waals surface area contributed by atoms with Crippen LogP contribution < -0.4 is 0 Å². The number of amidine groups is 1. The summed E-state index contributed by atoms with van der Waals surface area (Å²) in [6, 6.07) is 9.36. The Morgan fingerprint density at radius 1 is 1.20 bits per heavy atom. The number of rotatable bonds is 5. The number of fused-ring (bicyclic) bond motifs is 1. The van der Waals surface area contributed by atoms with Gasteiger partial charge in [0.05, 0.1) is 24.0 Å². The van der Waals surface area contributed by atoms with E-state index in [1.807, 2.05) is 35.2 Å². The van der Waals surface area contributed by atoms with E-state index >= 15 is 0 Å². The van der Waals surface area contributed by atoms with Crippen molar-refractivity contribution in [3.05, 3.63) is 35.9 Å². The van der Waals surface area contributed by atoms with E-state index in [0.29, 0.717) is 11.7 Å². The Morgan fingerprint density at radius 2 is 1.92 bits per heavy atom. The van der Waals surface area contributed by atoms with Crippen molar-refractivity contribution in [1.82, 2.24) is 4.90 Å². The smallest absolute Gasteiger partial charge is 0.303 e. The largest absolute Gasteiger partial charge is 0.481 e. The molecule has 0 aromatic heterocycles. The molecule has 2 heterocycles. The topological polar surface area (TPSA) is 104 Å². The number of hydrogen-bond acceptors (Lipinski definition) is 5. The number of carboxylic acids is 1. The van der Waals surface area contributed by atoms with Gasteiger partial charge in [0.15, 0.2) is 15.0 Å². The molecule has 3 rings (SSSR count). The summed E-state index contributed by atoms with van der Waals surface area (Å²) < 4.78 is 23.9. The first-order valence-corrected chi connectivity index (χ1v) is 10.5. The van der Waals surface area contributed by atoms with Gasteiger partial charge in [-0.25, -0.2) is 8.42 Å². The molecule has 1 amide bonds. The zero-order valence-electron chi connectivity index (χ0n) is 13.4. The van der Waals surface area contributed by atoms with Crippen LogP contribution in [0.3, 0.4) is 0 Å². The molecule has 134 valence electrons. The number of carbonyl (C=O) groups is 2. The van der Waals surface area contributed by atoms with Crippen LogP contribution in [0.25, 0.3) is 0 Å². The quantitative estimate of drug-likeness (QED) is 0.814. The summed E-state index contributed by atoms with van der Waals surface area (Å²) in [7, 11) is -3.08. The van der Waals surface area contributed by atoms with Crippen LogP contribution in [0.4, 0.5) is 0 Å². The van der Waals surface area contributed by atoms with Gasteiger partial charge in [0, 0.05) is 18.2 Å². The molecule has 2 saturated heterocycles. The number of sulfone groups is 1. The second-order valence-electron chi connectivity index (χ2n) is 6.10. The van der Waals surface area contributed by atoms with E-state index in [2.05, 4.69) is 4.99 Å². The summed E-state index contributed by atoms with van der Waals surface area (Å²) >= 11 is 1.30. The van der Waals surface area contributed by atoms with Crippen molar-refractivity contribution in [1.29, 1.82) is 0 Å². The molecule has 7 nitrogen and oxygen atoms in total. The molecule has 2 aliphatic heterocycles. The predicted octanol–water partition coefficient (Wildman–Crippen LogP) is 1.15. The summed E-state index contributed by atoms with van der Waals surface area (Å²) in [5, 5.41) is 9.03. The van der Waals surface area contributed by atoms with Crippen molar-refractivity contribution >= 4 is 38.6 Å². The van der Waals surface area contributed by atoms with Crippen LogP contribution in [0.2, 0.25) is 0 Å². The minimum Gasteiger partial charge on any atom is -0.481 e. The molecule has 0 bridgehead atoms. The third kappa shape index (κ3) is 4.40. The van der Waals surface area contributed by atoms with Gasteiger partial charge in [-0.05, 0) is 5.56 Å². The van der Waals surface area contributed by atoms with Crippen LogP contribution in [-0.2, 0) is 26.0 Å². The highest BCUT2D eigenvalue weighted by atomic mass is 32.2. The molecule has 9 heteroatoms. The summed E-state index contributed by atoms with van der Waals surface area (Å²) in [6.07, 6.45) is -0.424. The van der Waals surface area contributed by atoms with Gasteiger partial charge in [0.25, 0.3) is 0 Å². The van der Waals surface area contributed by atoms with Gasteiger partial charge < -0.3 is 10.0 Å². The van der Waals surface area contributed by atoms with E-state index in [-0.39, 0.29) is 35.6 Å². The Hall–Kier alpha value is -1.87. The van der Waals surface area contributed by atoms with E-state index in [1.54, 1.807) is 0 Å². The molecule has 0 radical (unpaired) electrons. The lowest BCUT2D eigenvalue weighted by atomic mass is 10.1. The van der Waals surface area contributed by atoms with Crippen molar-refractivity contribution in [3.63, 3.8) is 0 Å². The van der Waals surface area contributed by atoms with Crippen LogP contribution in [0.5, 0.6) is 0 Å². The molecule has 0 aliphatic carbocycles. The standard InChI is InChI=1S/C16H18N2O5S2/c19-14(6-7-15(20)21)17-16-18(8-11-4-2-1-3-5-11)12-9-25(22,23)10-13(12)24-16/h1-5,12-13H,6-10H2,(H,20,21). The zero-order chi connectivity index (χ0) is 18.0. The first-order valence-electron chi connectivity index (χ1n) is 7.85. The van der Waals surface area contributed by atoms with Gasteiger partial charge in [0.1, 0.15) is 0 Å². The maximum absolute atomic E-state index is 11.9. The van der Waals surface area contributed by atoms with Crippen molar-refractivity contribution in [2.45, 2.75) is 30.7 Å². The number of aliphatic imine (C=N–C) groups is 1. The molecule has 1 N–H and O–H groups in total. The number of carboxylic acid groups (broad SMARTS) is 1. The van der Waals surface area contributed by atoms with Gasteiger partial charge in [-0.15, -0.1) is 0 Å². The Morgan fingerprint density at radius 3 is 2.60 bits per heavy atom. The van der Waals surface area contributed by atoms with Crippen molar-refractivity contribution < 1.29 is 23.1 Å². The molecule has 2 unspecified atom stereocenters. The molecule has 2 atom stereocenters. The summed E-state index contributed by atoms with van der Waals surface area (Å²) in [4.78, 5) is 28.5. The molecule has 2 fully saturated rings. The lowest BCUT2D eigenvalue weighted by Gasteiger charge is -2.24. The van der Waals surface area contributed by atoms with Crippen LogP contribution in [0.15, 0.2) is 35.3 Å². The predicted molar refractivity (Wildman–Crippen MR) is 95.1 cm³/mol. The number of amides is 1. The van der Waals surface area contributed by atoms with Crippen LogP contribution in [0, 0.1) is 0 Å². The highest BCUT2D eigenvalue weighted by Crippen LogP contribution is 2.39. The van der Waals surface area contributed by atoms with Crippen molar-refractivity contribution in [2.75, 3.05) is 11.5 Å². The SMILES string of the molecule is O=C(O)CCC(=O)N=C1SC2CS(=O)(=O)CC2N1Cc1ccccc1. The Labute approximate surface area is 150 Å². The van der Waals surface area contributed by atoms with E-state index in [0.717, 1.165) is 5.56 Å². The number of aliphatic carboxylic acids is 1. The second-order valence-corrected chi connectivity index (χ2v) is 9.46. The minimum atomic E-state index is -3.08. The van der Waals surface area contributed by atoms with Gasteiger partial charge in [0.2, 0.25) is 5.91 Å². The van der Waals surface area contributed by atoms with Crippen LogP contribution in [-0.4, -0.2) is 58.3 Å². The molecular formula is C16H18N2O5S2. The summed E-state index contributed by atoms with van der Waals surface area (Å²) in [6.45, 7) is 0.468. The summed E-state index contributed by atoms with van der Waals surface area (Å²) in [5.41, 5.74) is 0.999. The molecule has 0 saturated carbocycles. The number of nitrogens with zero attached hydrogens (tertiary/aromatic N) is 2. The normalized spacial score (nSPS) is 25.9. The fourth-order valence-electron chi connectivity index (χ4n) is 2.98. The lowest BCUT2D eigenvalue weighted by Crippen LogP contribution is -2.37. The van der Waals surface area contributed by atoms with E-state index < -0.39 is 21.7 Å². The van der Waals surface area contributed by atoms with Gasteiger partial charge >= 0.3 is 5.97 Å². The number of thioether (sulfide) groups is 1. The zero-order valence-corrected chi connectivity index (χ0v) is 15.0. The average Bonchev–Trinajstić information content (AvgIpc) is 2.99. The fraction of sp³-hybridized carbons (Fsp3) is 0.438. The molecular weight excluding hydrogens is 364 g/mol.